The summed E-state index contributed by atoms with van der Waals surface area (Å²) in [5.74, 6) is 0.958. The minimum Gasteiger partial charge on any atom is -0.334 e. The fraction of sp³-hybridized carbons (Fsp3) is 0.476. The van der Waals surface area contributed by atoms with E-state index >= 15 is 0 Å². The maximum Gasteiger partial charge on any atom is 0.282 e. The van der Waals surface area contributed by atoms with E-state index in [1.54, 1.807) is 6.20 Å². The Morgan fingerprint density at radius 3 is 2.46 bits per heavy atom. The lowest BCUT2D eigenvalue weighted by Gasteiger charge is -2.37. The van der Waals surface area contributed by atoms with Gasteiger partial charge in [0.05, 0.1) is 0 Å². The standard InChI is InChI=1S/C21H24N4O2S/c26-19-13-18(14-25(19)17-5-3-16(4-6-17)15-1-2-15)23-8-10-24(11-9-23)21(27)20-22-7-12-28-20/h3-7,12,15,18H,1-2,8-11,13-14H2. The van der Waals surface area contributed by atoms with Crippen molar-refractivity contribution in [3.05, 3.63) is 46.4 Å². The maximum absolute atomic E-state index is 12.6. The van der Waals surface area contributed by atoms with Gasteiger partial charge in [-0.1, -0.05) is 12.1 Å². The van der Waals surface area contributed by atoms with E-state index in [1.165, 1.54) is 29.7 Å². The zero-order chi connectivity index (χ0) is 19.1. The van der Waals surface area contributed by atoms with Gasteiger partial charge in [-0.15, -0.1) is 11.3 Å². The Hall–Kier alpha value is -2.25. The third-order valence-electron chi connectivity index (χ3n) is 6.09. The smallest absolute Gasteiger partial charge is 0.282 e. The van der Waals surface area contributed by atoms with Crippen molar-refractivity contribution in [3.63, 3.8) is 0 Å². The van der Waals surface area contributed by atoms with Crippen LogP contribution in [0.25, 0.3) is 0 Å². The van der Waals surface area contributed by atoms with Crippen LogP contribution in [0, 0.1) is 0 Å². The van der Waals surface area contributed by atoms with Crippen molar-refractivity contribution in [2.45, 2.75) is 31.2 Å². The van der Waals surface area contributed by atoms with E-state index in [4.69, 9.17) is 0 Å². The SMILES string of the molecule is O=C(c1nccs1)N1CCN(C2CC(=O)N(c3ccc(C4CC4)cc3)C2)CC1. The van der Waals surface area contributed by atoms with E-state index < -0.39 is 0 Å². The van der Waals surface area contributed by atoms with Gasteiger partial charge >= 0.3 is 0 Å². The zero-order valence-corrected chi connectivity index (χ0v) is 16.6. The van der Waals surface area contributed by atoms with Crippen molar-refractivity contribution in [1.29, 1.82) is 0 Å². The second-order valence-electron chi connectivity index (χ2n) is 7.89. The average Bonchev–Trinajstić information content (AvgIpc) is 3.29. The molecule has 2 saturated heterocycles. The molecule has 5 rings (SSSR count). The van der Waals surface area contributed by atoms with Crippen molar-refractivity contribution in [2.75, 3.05) is 37.6 Å². The summed E-state index contributed by atoms with van der Waals surface area (Å²) in [5.41, 5.74) is 2.41. The number of anilines is 1. The average molecular weight is 397 g/mol. The third kappa shape index (κ3) is 3.44. The van der Waals surface area contributed by atoms with Gasteiger partial charge in [0.15, 0.2) is 5.01 Å². The van der Waals surface area contributed by atoms with Gasteiger partial charge in [0.25, 0.3) is 5.91 Å². The quantitative estimate of drug-likeness (QED) is 0.797. The minimum atomic E-state index is 0.0227. The Morgan fingerprint density at radius 2 is 1.82 bits per heavy atom. The lowest BCUT2D eigenvalue weighted by molar-refractivity contribution is -0.117. The Morgan fingerprint density at radius 1 is 1.07 bits per heavy atom. The molecule has 2 amide bonds. The predicted molar refractivity (Wildman–Crippen MR) is 109 cm³/mol. The van der Waals surface area contributed by atoms with Gasteiger partial charge in [-0.25, -0.2) is 4.98 Å². The molecule has 0 spiro atoms. The second kappa shape index (κ2) is 7.29. The van der Waals surface area contributed by atoms with E-state index in [0.29, 0.717) is 24.5 Å². The maximum atomic E-state index is 12.6. The number of piperazine rings is 1. The van der Waals surface area contributed by atoms with E-state index in [2.05, 4.69) is 34.1 Å². The van der Waals surface area contributed by atoms with Crippen molar-refractivity contribution >= 4 is 28.8 Å². The van der Waals surface area contributed by atoms with Crippen LogP contribution < -0.4 is 4.90 Å². The van der Waals surface area contributed by atoms with Gasteiger partial charge in [0.1, 0.15) is 0 Å². The number of amides is 2. The Labute approximate surface area is 168 Å². The first-order valence-corrected chi connectivity index (χ1v) is 10.9. The molecule has 2 aliphatic heterocycles. The molecule has 0 bridgehead atoms. The fourth-order valence-electron chi connectivity index (χ4n) is 4.28. The van der Waals surface area contributed by atoms with Gasteiger partial charge in [0, 0.05) is 62.5 Å². The number of hydrogen-bond donors (Lipinski definition) is 0. The highest BCUT2D eigenvalue weighted by Crippen LogP contribution is 2.40. The summed E-state index contributed by atoms with van der Waals surface area (Å²) in [5, 5.41) is 2.39. The predicted octanol–water partition coefficient (Wildman–Crippen LogP) is 2.58. The molecule has 3 aliphatic rings. The lowest BCUT2D eigenvalue weighted by Crippen LogP contribution is -2.52. The molecule has 2 aromatic rings. The summed E-state index contributed by atoms with van der Waals surface area (Å²) in [7, 11) is 0. The molecule has 0 radical (unpaired) electrons. The number of aromatic nitrogens is 1. The molecule has 1 atom stereocenters. The monoisotopic (exact) mass is 396 g/mol. The van der Waals surface area contributed by atoms with Gasteiger partial charge in [-0.2, -0.15) is 0 Å². The van der Waals surface area contributed by atoms with Crippen LogP contribution in [0.5, 0.6) is 0 Å². The Kier molecular flexibility index (Phi) is 4.64. The Balaban J connectivity index is 1.19. The summed E-state index contributed by atoms with van der Waals surface area (Å²) in [6, 6.07) is 8.78. The van der Waals surface area contributed by atoms with Crippen LogP contribution in [0.1, 0.15) is 40.5 Å². The van der Waals surface area contributed by atoms with E-state index in [1.807, 2.05) is 15.2 Å². The minimum absolute atomic E-state index is 0.0227. The molecule has 6 nitrogen and oxygen atoms in total. The van der Waals surface area contributed by atoms with Crippen LogP contribution in [0.4, 0.5) is 5.69 Å². The van der Waals surface area contributed by atoms with Crippen molar-refractivity contribution in [2.24, 2.45) is 0 Å². The van der Waals surface area contributed by atoms with Crippen molar-refractivity contribution in [3.8, 4) is 0 Å². The topological polar surface area (TPSA) is 56.8 Å². The summed E-state index contributed by atoms with van der Waals surface area (Å²) in [6.45, 7) is 3.74. The molecule has 1 unspecified atom stereocenters. The summed E-state index contributed by atoms with van der Waals surface area (Å²) in [6.07, 6.45) is 4.82. The number of benzene rings is 1. The van der Waals surface area contributed by atoms with Crippen LogP contribution in [0.15, 0.2) is 35.8 Å². The molecule has 1 aromatic heterocycles. The molecule has 7 heteroatoms. The first kappa shape index (κ1) is 17.8. The molecule has 1 aromatic carbocycles. The largest absolute Gasteiger partial charge is 0.334 e. The normalized spacial score (nSPS) is 23.4. The van der Waals surface area contributed by atoms with Gasteiger partial charge in [-0.05, 0) is 36.5 Å². The molecule has 0 N–H and O–H groups in total. The first-order valence-electron chi connectivity index (χ1n) is 10.0. The highest BCUT2D eigenvalue weighted by Gasteiger charge is 2.36. The van der Waals surface area contributed by atoms with Crippen LogP contribution in [-0.2, 0) is 4.79 Å². The number of thiazole rings is 1. The third-order valence-corrected chi connectivity index (χ3v) is 6.85. The van der Waals surface area contributed by atoms with E-state index in [9.17, 15) is 9.59 Å². The van der Waals surface area contributed by atoms with Gasteiger partial charge in [-0.3, -0.25) is 14.5 Å². The number of rotatable bonds is 4. The van der Waals surface area contributed by atoms with Crippen LogP contribution in [0.2, 0.25) is 0 Å². The molecule has 28 heavy (non-hydrogen) atoms. The highest BCUT2D eigenvalue weighted by molar-refractivity contribution is 7.11. The number of hydrogen-bond acceptors (Lipinski definition) is 5. The molecule has 1 aliphatic carbocycles. The highest BCUT2D eigenvalue weighted by atomic mass is 32.1. The van der Waals surface area contributed by atoms with Crippen molar-refractivity contribution < 1.29 is 9.59 Å². The van der Waals surface area contributed by atoms with E-state index in [-0.39, 0.29) is 17.9 Å². The number of carbonyl (C=O) groups is 2. The zero-order valence-electron chi connectivity index (χ0n) is 15.8. The molecular formula is C21H24N4O2S. The summed E-state index contributed by atoms with van der Waals surface area (Å²) >= 11 is 1.39. The number of carbonyl (C=O) groups excluding carboxylic acids is 2. The molecule has 146 valence electrons. The second-order valence-corrected chi connectivity index (χ2v) is 8.79. The molecule has 3 heterocycles. The molecule has 1 saturated carbocycles. The molecule has 3 fully saturated rings. The van der Waals surface area contributed by atoms with Gasteiger partial charge in [0.2, 0.25) is 5.91 Å². The van der Waals surface area contributed by atoms with Crippen LogP contribution in [0.3, 0.4) is 0 Å². The summed E-state index contributed by atoms with van der Waals surface area (Å²) in [4.78, 5) is 35.4. The van der Waals surface area contributed by atoms with Crippen molar-refractivity contribution in [1.82, 2.24) is 14.8 Å². The molecular weight excluding hydrogens is 372 g/mol. The van der Waals surface area contributed by atoms with Gasteiger partial charge < -0.3 is 9.80 Å². The lowest BCUT2D eigenvalue weighted by atomic mass is 10.1. The van der Waals surface area contributed by atoms with Crippen LogP contribution in [-0.4, -0.2) is 65.4 Å². The fourth-order valence-corrected chi connectivity index (χ4v) is 4.88. The van der Waals surface area contributed by atoms with Crippen LogP contribution >= 0.6 is 11.3 Å². The first-order chi connectivity index (χ1) is 13.7. The summed E-state index contributed by atoms with van der Waals surface area (Å²) < 4.78 is 0. The number of nitrogens with zero attached hydrogens (tertiary/aromatic N) is 4. The van der Waals surface area contributed by atoms with E-state index in [0.717, 1.165) is 31.2 Å². The Bertz CT molecular complexity index is 855.